The van der Waals surface area contributed by atoms with Crippen LogP contribution in [-0.2, 0) is 6.54 Å². The fourth-order valence-corrected chi connectivity index (χ4v) is 4.15. The molecule has 0 spiro atoms. The lowest BCUT2D eigenvalue weighted by Crippen LogP contribution is -2.35. The van der Waals surface area contributed by atoms with Gasteiger partial charge in [0.2, 0.25) is 11.8 Å². The van der Waals surface area contributed by atoms with Gasteiger partial charge in [-0.3, -0.25) is 14.7 Å². The molecule has 0 bridgehead atoms. The maximum absolute atomic E-state index is 12.5. The number of anilines is 1. The quantitative estimate of drug-likeness (QED) is 0.481. The van der Waals surface area contributed by atoms with Gasteiger partial charge in [-0.1, -0.05) is 18.2 Å². The van der Waals surface area contributed by atoms with Crippen molar-refractivity contribution < 1.29 is 4.42 Å². The third-order valence-corrected chi connectivity index (χ3v) is 6.14. The van der Waals surface area contributed by atoms with Gasteiger partial charge in [-0.15, -0.1) is 0 Å². The van der Waals surface area contributed by atoms with Gasteiger partial charge in [0.15, 0.2) is 5.65 Å². The zero-order valence-electron chi connectivity index (χ0n) is 18.3. The van der Waals surface area contributed by atoms with Crippen LogP contribution in [0.15, 0.2) is 45.7 Å². The molecule has 9 nitrogen and oxygen atoms in total. The number of aryl methyl sites for hydroxylation is 2. The first-order valence-electron chi connectivity index (χ1n) is 11.0. The molecule has 166 valence electrons. The Balaban J connectivity index is 1.22. The summed E-state index contributed by atoms with van der Waals surface area (Å²) in [5.74, 6) is 2.68. The fourth-order valence-electron chi connectivity index (χ4n) is 4.15. The SMILES string of the molecule is Cc1nc(CN2CCC(CNc3nc4c(cnn4-c4ccccc4)c(=O)[nH]3)CC2)oc1C. The normalized spacial score (nSPS) is 15.4. The van der Waals surface area contributed by atoms with Crippen molar-refractivity contribution in [1.82, 2.24) is 29.6 Å². The Morgan fingerprint density at radius 1 is 1.16 bits per heavy atom. The fraction of sp³-hybridized carbons (Fsp3) is 0.391. The van der Waals surface area contributed by atoms with E-state index in [2.05, 4.69) is 30.3 Å². The number of aromatic amines is 1. The highest BCUT2D eigenvalue weighted by atomic mass is 16.4. The summed E-state index contributed by atoms with van der Waals surface area (Å²) in [6, 6.07) is 9.70. The molecule has 0 amide bonds. The lowest BCUT2D eigenvalue weighted by molar-refractivity contribution is 0.167. The molecule has 32 heavy (non-hydrogen) atoms. The molecule has 9 heteroatoms. The van der Waals surface area contributed by atoms with Gasteiger partial charge in [0.05, 0.1) is 24.1 Å². The summed E-state index contributed by atoms with van der Waals surface area (Å²) in [6.07, 6.45) is 3.70. The summed E-state index contributed by atoms with van der Waals surface area (Å²) in [7, 11) is 0. The summed E-state index contributed by atoms with van der Waals surface area (Å²) in [4.78, 5) is 26.9. The highest BCUT2D eigenvalue weighted by molar-refractivity contribution is 5.76. The molecule has 3 aromatic heterocycles. The number of para-hydroxylation sites is 1. The van der Waals surface area contributed by atoms with Crippen LogP contribution in [0.3, 0.4) is 0 Å². The molecule has 1 fully saturated rings. The van der Waals surface area contributed by atoms with Crippen LogP contribution in [0.4, 0.5) is 5.95 Å². The van der Waals surface area contributed by atoms with Gasteiger partial charge in [-0.25, -0.2) is 9.67 Å². The molecule has 2 N–H and O–H groups in total. The Morgan fingerprint density at radius 2 is 1.94 bits per heavy atom. The van der Waals surface area contributed by atoms with E-state index in [1.807, 2.05) is 44.2 Å². The van der Waals surface area contributed by atoms with E-state index in [0.29, 0.717) is 22.9 Å². The predicted molar refractivity (Wildman–Crippen MR) is 122 cm³/mol. The van der Waals surface area contributed by atoms with E-state index in [1.165, 1.54) is 0 Å². The van der Waals surface area contributed by atoms with Crippen molar-refractivity contribution in [1.29, 1.82) is 0 Å². The summed E-state index contributed by atoms with van der Waals surface area (Å²) >= 11 is 0. The van der Waals surface area contributed by atoms with Gasteiger partial charge in [0, 0.05) is 6.54 Å². The first-order chi connectivity index (χ1) is 15.6. The van der Waals surface area contributed by atoms with Crippen LogP contribution < -0.4 is 10.9 Å². The number of hydrogen-bond acceptors (Lipinski definition) is 7. The second-order valence-corrected chi connectivity index (χ2v) is 8.39. The van der Waals surface area contributed by atoms with Crippen LogP contribution in [0.2, 0.25) is 0 Å². The number of fused-ring (bicyclic) bond motifs is 1. The van der Waals surface area contributed by atoms with E-state index < -0.39 is 0 Å². The number of likely N-dealkylation sites (tertiary alicyclic amines) is 1. The third-order valence-electron chi connectivity index (χ3n) is 6.14. The first-order valence-corrected chi connectivity index (χ1v) is 11.0. The molecular formula is C23H27N7O2. The van der Waals surface area contributed by atoms with Gasteiger partial charge in [-0.05, 0) is 57.8 Å². The molecule has 0 aliphatic carbocycles. The maximum atomic E-state index is 12.5. The summed E-state index contributed by atoms with van der Waals surface area (Å²) in [5, 5.41) is 8.17. The highest BCUT2D eigenvalue weighted by Gasteiger charge is 2.21. The summed E-state index contributed by atoms with van der Waals surface area (Å²) in [6.45, 7) is 7.44. The molecule has 1 aromatic carbocycles. The largest absolute Gasteiger partial charge is 0.444 e. The Labute approximate surface area is 185 Å². The molecule has 1 saturated heterocycles. The van der Waals surface area contributed by atoms with Crippen LogP contribution >= 0.6 is 0 Å². The smallest absolute Gasteiger partial charge is 0.263 e. The van der Waals surface area contributed by atoms with Crippen molar-refractivity contribution >= 4 is 17.0 Å². The number of oxazole rings is 1. The molecule has 1 aliphatic heterocycles. The second-order valence-electron chi connectivity index (χ2n) is 8.39. The van der Waals surface area contributed by atoms with Crippen molar-refractivity contribution in [3.63, 3.8) is 0 Å². The molecule has 0 unspecified atom stereocenters. The topological polar surface area (TPSA) is 105 Å². The van der Waals surface area contributed by atoms with Crippen molar-refractivity contribution in [3.05, 3.63) is 64.2 Å². The second kappa shape index (κ2) is 8.58. The highest BCUT2D eigenvalue weighted by Crippen LogP contribution is 2.20. The van der Waals surface area contributed by atoms with Crippen molar-refractivity contribution in [2.24, 2.45) is 5.92 Å². The minimum atomic E-state index is -0.189. The summed E-state index contributed by atoms with van der Waals surface area (Å²) in [5.41, 5.74) is 2.20. The van der Waals surface area contributed by atoms with E-state index in [-0.39, 0.29) is 5.56 Å². The lowest BCUT2D eigenvalue weighted by Gasteiger charge is -2.31. The number of benzene rings is 1. The summed E-state index contributed by atoms with van der Waals surface area (Å²) < 4.78 is 7.41. The molecule has 0 saturated carbocycles. The number of piperidine rings is 1. The maximum Gasteiger partial charge on any atom is 0.263 e. The number of aromatic nitrogens is 5. The number of hydrogen-bond donors (Lipinski definition) is 2. The number of nitrogens with one attached hydrogen (secondary N) is 2. The zero-order chi connectivity index (χ0) is 22.1. The first kappa shape index (κ1) is 20.4. The van der Waals surface area contributed by atoms with Gasteiger partial charge in [0.1, 0.15) is 11.1 Å². The van der Waals surface area contributed by atoms with E-state index in [0.717, 1.165) is 62.1 Å². The molecule has 5 rings (SSSR count). The Bertz CT molecular complexity index is 1250. The van der Waals surface area contributed by atoms with E-state index in [1.54, 1.807) is 10.9 Å². The Morgan fingerprint density at radius 3 is 2.66 bits per heavy atom. The van der Waals surface area contributed by atoms with Gasteiger partial charge < -0.3 is 9.73 Å². The zero-order valence-corrected chi connectivity index (χ0v) is 18.3. The van der Waals surface area contributed by atoms with Crippen molar-refractivity contribution in [2.75, 3.05) is 25.0 Å². The van der Waals surface area contributed by atoms with E-state index in [9.17, 15) is 4.79 Å². The van der Waals surface area contributed by atoms with E-state index >= 15 is 0 Å². The van der Waals surface area contributed by atoms with Gasteiger partial charge in [-0.2, -0.15) is 10.1 Å². The van der Waals surface area contributed by atoms with Crippen LogP contribution in [0.25, 0.3) is 16.7 Å². The van der Waals surface area contributed by atoms with Gasteiger partial charge in [0.25, 0.3) is 5.56 Å². The predicted octanol–water partition coefficient (Wildman–Crippen LogP) is 3.04. The monoisotopic (exact) mass is 433 g/mol. The van der Waals surface area contributed by atoms with Gasteiger partial charge >= 0.3 is 0 Å². The van der Waals surface area contributed by atoms with Crippen LogP contribution in [0.5, 0.6) is 0 Å². The number of H-pyrrole nitrogens is 1. The average molecular weight is 434 g/mol. The van der Waals surface area contributed by atoms with Crippen LogP contribution in [0.1, 0.15) is 30.2 Å². The van der Waals surface area contributed by atoms with Crippen LogP contribution in [-0.4, -0.2) is 49.3 Å². The molecular weight excluding hydrogens is 406 g/mol. The lowest BCUT2D eigenvalue weighted by atomic mass is 9.97. The minimum absolute atomic E-state index is 0.189. The molecule has 1 aliphatic rings. The molecule has 0 atom stereocenters. The van der Waals surface area contributed by atoms with Crippen molar-refractivity contribution in [2.45, 2.75) is 33.2 Å². The van der Waals surface area contributed by atoms with E-state index in [4.69, 9.17) is 4.42 Å². The standard InChI is InChI=1S/C23H27N7O2/c1-15-16(2)32-20(26-15)14-29-10-8-17(9-11-29)12-24-23-27-21-19(22(31)28-23)13-25-30(21)18-6-4-3-5-7-18/h3-7,13,17H,8-12,14H2,1-2H3,(H2,24,27,28,31). The minimum Gasteiger partial charge on any atom is -0.444 e. The Hall–Kier alpha value is -3.46. The number of rotatable bonds is 6. The number of nitrogens with zero attached hydrogens (tertiary/aromatic N) is 5. The van der Waals surface area contributed by atoms with Crippen LogP contribution in [0, 0.1) is 19.8 Å². The molecule has 0 radical (unpaired) electrons. The molecule has 4 heterocycles. The Kier molecular flexibility index (Phi) is 5.48. The molecule has 4 aromatic rings. The van der Waals surface area contributed by atoms with Crippen molar-refractivity contribution in [3.8, 4) is 5.69 Å². The third kappa shape index (κ3) is 4.16. The average Bonchev–Trinajstić information content (AvgIpc) is 3.37.